The third-order valence-corrected chi connectivity index (χ3v) is 6.94. The van der Waals surface area contributed by atoms with Crippen molar-refractivity contribution in [2.45, 2.75) is 24.1 Å². The first-order valence-electron chi connectivity index (χ1n) is 10.1. The number of thioether (sulfide) groups is 1. The molecular weight excluding hydrogens is 444 g/mol. The van der Waals surface area contributed by atoms with Crippen molar-refractivity contribution >= 4 is 57.9 Å². The number of amides is 3. The highest BCUT2D eigenvalue weighted by atomic mass is 32.2. The van der Waals surface area contributed by atoms with Gasteiger partial charge in [0.1, 0.15) is 0 Å². The molecule has 1 aromatic heterocycles. The number of thiazole rings is 1. The van der Waals surface area contributed by atoms with Gasteiger partial charge < -0.3 is 15.5 Å². The third-order valence-electron chi connectivity index (χ3n) is 4.87. The van der Waals surface area contributed by atoms with Crippen molar-refractivity contribution < 1.29 is 14.4 Å². The van der Waals surface area contributed by atoms with E-state index in [0.717, 1.165) is 22.1 Å². The molecule has 0 saturated carbocycles. The number of para-hydroxylation sites is 1. The van der Waals surface area contributed by atoms with E-state index in [9.17, 15) is 14.4 Å². The molecule has 2 N–H and O–H groups in total. The van der Waals surface area contributed by atoms with Gasteiger partial charge in [-0.25, -0.2) is 4.98 Å². The molecule has 0 aliphatic carbocycles. The highest BCUT2D eigenvalue weighted by Crippen LogP contribution is 2.29. The Morgan fingerprint density at radius 2 is 1.78 bits per heavy atom. The van der Waals surface area contributed by atoms with Gasteiger partial charge in [0.15, 0.2) is 4.34 Å². The molecule has 7 nitrogen and oxygen atoms in total. The van der Waals surface area contributed by atoms with Crippen molar-refractivity contribution in [3.8, 4) is 0 Å². The number of nitrogens with one attached hydrogen (secondary N) is 2. The Balaban J connectivity index is 1.26. The lowest BCUT2D eigenvalue weighted by molar-refractivity contribution is -0.118. The van der Waals surface area contributed by atoms with Gasteiger partial charge in [-0.3, -0.25) is 14.4 Å². The molecule has 9 heteroatoms. The van der Waals surface area contributed by atoms with Crippen LogP contribution in [-0.4, -0.2) is 35.0 Å². The number of carbonyl (C=O) groups excluding carboxylic acids is 3. The van der Waals surface area contributed by atoms with E-state index in [0.29, 0.717) is 17.9 Å². The largest absolute Gasteiger partial charge is 0.326 e. The zero-order chi connectivity index (χ0) is 22.5. The number of anilines is 3. The number of aromatic nitrogens is 1. The van der Waals surface area contributed by atoms with Gasteiger partial charge in [-0.2, -0.15) is 0 Å². The number of benzene rings is 2. The summed E-state index contributed by atoms with van der Waals surface area (Å²) in [6.45, 7) is 2.15. The SMILES string of the molecule is CC(=O)Nc1ccc(NC(=O)CSc2nc(CC(=O)N3CCc4ccccc43)cs2)cc1. The zero-order valence-electron chi connectivity index (χ0n) is 17.5. The van der Waals surface area contributed by atoms with E-state index in [1.54, 1.807) is 24.3 Å². The average Bonchev–Trinajstić information content (AvgIpc) is 3.40. The summed E-state index contributed by atoms with van der Waals surface area (Å²) < 4.78 is 0.755. The lowest BCUT2D eigenvalue weighted by Crippen LogP contribution is -2.30. The predicted octanol–water partition coefficient (Wildman–Crippen LogP) is 3.96. The standard InChI is InChI=1S/C23H22N4O3S2/c1-15(28)24-17-6-8-18(9-7-17)25-21(29)14-32-23-26-19(13-31-23)12-22(30)27-11-10-16-4-2-3-5-20(16)27/h2-9,13H,10-12,14H2,1H3,(H,24,28)(H,25,29). The molecule has 1 aliphatic heterocycles. The van der Waals surface area contributed by atoms with E-state index < -0.39 is 0 Å². The minimum Gasteiger partial charge on any atom is -0.326 e. The van der Waals surface area contributed by atoms with Crippen LogP contribution in [0, 0.1) is 0 Å². The van der Waals surface area contributed by atoms with Crippen LogP contribution in [0.4, 0.5) is 17.1 Å². The molecule has 4 rings (SSSR count). The summed E-state index contributed by atoms with van der Waals surface area (Å²) in [5, 5.41) is 7.38. The van der Waals surface area contributed by atoms with Crippen molar-refractivity contribution in [3.63, 3.8) is 0 Å². The van der Waals surface area contributed by atoms with E-state index in [-0.39, 0.29) is 29.9 Å². The van der Waals surface area contributed by atoms with Crippen LogP contribution < -0.4 is 15.5 Å². The van der Waals surface area contributed by atoms with Crippen molar-refractivity contribution in [1.29, 1.82) is 0 Å². The van der Waals surface area contributed by atoms with Crippen molar-refractivity contribution in [2.24, 2.45) is 0 Å². The molecular formula is C23H22N4O3S2. The van der Waals surface area contributed by atoms with Crippen LogP contribution in [-0.2, 0) is 27.2 Å². The first-order chi connectivity index (χ1) is 15.5. The monoisotopic (exact) mass is 466 g/mol. The summed E-state index contributed by atoms with van der Waals surface area (Å²) in [4.78, 5) is 42.4. The summed E-state index contributed by atoms with van der Waals surface area (Å²) in [5.74, 6) is -0.0395. The zero-order valence-corrected chi connectivity index (χ0v) is 19.1. The van der Waals surface area contributed by atoms with Crippen LogP contribution in [0.3, 0.4) is 0 Å². The van der Waals surface area contributed by atoms with Gasteiger partial charge in [-0.1, -0.05) is 30.0 Å². The summed E-state index contributed by atoms with van der Waals surface area (Å²) in [7, 11) is 0. The lowest BCUT2D eigenvalue weighted by Gasteiger charge is -2.16. The molecule has 32 heavy (non-hydrogen) atoms. The Kier molecular flexibility index (Phi) is 6.87. The molecule has 2 aromatic carbocycles. The summed E-state index contributed by atoms with van der Waals surface area (Å²) in [6.07, 6.45) is 1.13. The van der Waals surface area contributed by atoms with Gasteiger partial charge in [0.2, 0.25) is 17.7 Å². The van der Waals surface area contributed by atoms with Crippen molar-refractivity contribution in [1.82, 2.24) is 4.98 Å². The van der Waals surface area contributed by atoms with Crippen LogP contribution >= 0.6 is 23.1 Å². The van der Waals surface area contributed by atoms with Crippen molar-refractivity contribution in [3.05, 3.63) is 65.2 Å². The first kappa shape index (κ1) is 22.0. The van der Waals surface area contributed by atoms with E-state index in [1.807, 2.05) is 28.5 Å². The average molecular weight is 467 g/mol. The third kappa shape index (κ3) is 5.54. The number of fused-ring (bicyclic) bond motifs is 1. The first-order valence-corrected chi connectivity index (χ1v) is 12.0. The second-order valence-electron chi connectivity index (χ2n) is 7.30. The van der Waals surface area contributed by atoms with E-state index in [4.69, 9.17) is 0 Å². The number of carbonyl (C=O) groups is 3. The fourth-order valence-corrected chi connectivity index (χ4v) is 5.09. The minimum atomic E-state index is -0.149. The quantitative estimate of drug-likeness (QED) is 0.514. The summed E-state index contributed by atoms with van der Waals surface area (Å²) in [5.41, 5.74) is 4.24. The second kappa shape index (κ2) is 9.97. The second-order valence-corrected chi connectivity index (χ2v) is 9.38. The predicted molar refractivity (Wildman–Crippen MR) is 128 cm³/mol. The van der Waals surface area contributed by atoms with E-state index in [2.05, 4.69) is 21.7 Å². The molecule has 0 saturated heterocycles. The highest BCUT2D eigenvalue weighted by molar-refractivity contribution is 8.01. The van der Waals surface area contributed by atoms with Crippen LogP contribution in [0.2, 0.25) is 0 Å². The molecule has 0 bridgehead atoms. The molecule has 0 spiro atoms. The van der Waals surface area contributed by atoms with Crippen LogP contribution in [0.25, 0.3) is 0 Å². The summed E-state index contributed by atoms with van der Waals surface area (Å²) >= 11 is 2.78. The lowest BCUT2D eigenvalue weighted by atomic mass is 10.2. The number of rotatable bonds is 7. The Morgan fingerprint density at radius 3 is 2.53 bits per heavy atom. The molecule has 0 radical (unpaired) electrons. The van der Waals surface area contributed by atoms with Crippen LogP contribution in [0.5, 0.6) is 0 Å². The molecule has 0 unspecified atom stereocenters. The Morgan fingerprint density at radius 1 is 1.06 bits per heavy atom. The van der Waals surface area contributed by atoms with Gasteiger partial charge in [0.05, 0.1) is 17.9 Å². The fraction of sp³-hybridized carbons (Fsp3) is 0.217. The fourth-order valence-electron chi connectivity index (χ4n) is 3.45. The Hall–Kier alpha value is -3.17. The van der Waals surface area contributed by atoms with Crippen molar-refractivity contribution in [2.75, 3.05) is 27.8 Å². The van der Waals surface area contributed by atoms with Gasteiger partial charge >= 0.3 is 0 Å². The number of nitrogens with zero attached hydrogens (tertiary/aromatic N) is 2. The molecule has 1 aliphatic rings. The molecule has 0 atom stereocenters. The highest BCUT2D eigenvalue weighted by Gasteiger charge is 2.24. The Labute approximate surface area is 194 Å². The maximum atomic E-state index is 12.7. The number of hydrogen-bond donors (Lipinski definition) is 2. The maximum absolute atomic E-state index is 12.7. The van der Waals surface area contributed by atoms with Crippen LogP contribution in [0.1, 0.15) is 18.2 Å². The summed E-state index contributed by atoms with van der Waals surface area (Å²) in [6, 6.07) is 14.9. The van der Waals surface area contributed by atoms with Gasteiger partial charge in [0, 0.05) is 35.9 Å². The van der Waals surface area contributed by atoms with E-state index in [1.165, 1.54) is 35.6 Å². The topological polar surface area (TPSA) is 91.4 Å². The molecule has 0 fully saturated rings. The normalized spacial score (nSPS) is 12.3. The minimum absolute atomic E-state index is 0.0391. The molecule has 164 valence electrons. The van der Waals surface area contributed by atoms with Gasteiger partial charge in [-0.15, -0.1) is 11.3 Å². The van der Waals surface area contributed by atoms with Gasteiger partial charge in [-0.05, 0) is 42.3 Å². The molecule has 3 amide bonds. The Bertz CT molecular complexity index is 1140. The smallest absolute Gasteiger partial charge is 0.234 e. The van der Waals surface area contributed by atoms with Crippen LogP contribution in [0.15, 0.2) is 58.3 Å². The molecule has 3 aromatic rings. The maximum Gasteiger partial charge on any atom is 0.234 e. The number of hydrogen-bond acceptors (Lipinski definition) is 6. The molecule has 2 heterocycles. The van der Waals surface area contributed by atoms with E-state index >= 15 is 0 Å². The van der Waals surface area contributed by atoms with Gasteiger partial charge in [0.25, 0.3) is 0 Å².